The number of carbonyl (C=O) groups is 2. The third-order valence-electron chi connectivity index (χ3n) is 6.05. The molecule has 2 aromatic carbocycles. The second kappa shape index (κ2) is 15.0. The first-order chi connectivity index (χ1) is 18.5. The molecule has 0 unspecified atom stereocenters. The number of thiophene rings is 1. The normalized spacial score (nSPS) is 10.9. The summed E-state index contributed by atoms with van der Waals surface area (Å²) in [4.78, 5) is 25.6. The van der Waals surface area contributed by atoms with Gasteiger partial charge < -0.3 is 19.5 Å². The topological polar surface area (TPSA) is 73.9 Å². The minimum absolute atomic E-state index is 0.246. The molecule has 0 atom stereocenters. The number of amides is 1. The molecule has 0 bridgehead atoms. The molecule has 0 radical (unpaired) electrons. The van der Waals surface area contributed by atoms with Gasteiger partial charge in [-0.15, -0.1) is 11.3 Å². The summed E-state index contributed by atoms with van der Waals surface area (Å²) >= 11 is 1.30. The van der Waals surface area contributed by atoms with Gasteiger partial charge in [-0.1, -0.05) is 63.4 Å². The van der Waals surface area contributed by atoms with Gasteiger partial charge in [0.25, 0.3) is 0 Å². The third-order valence-corrected chi connectivity index (χ3v) is 6.95. The van der Waals surface area contributed by atoms with Crippen molar-refractivity contribution in [2.75, 3.05) is 25.6 Å². The van der Waals surface area contributed by atoms with Gasteiger partial charge in [-0.25, -0.2) is 4.79 Å². The van der Waals surface area contributed by atoms with Gasteiger partial charge in [-0.05, 0) is 54.7 Å². The number of rotatable bonds is 14. The highest BCUT2D eigenvalue weighted by molar-refractivity contribution is 7.15. The molecule has 38 heavy (non-hydrogen) atoms. The molecular formula is C31H37NO5S. The van der Waals surface area contributed by atoms with Crippen molar-refractivity contribution in [3.8, 4) is 22.6 Å². The standard InChI is InChI=1S/C31H37NO5S/c1-5-8-9-10-19-37-26-17-13-23(20-27(26)35-4)14-18-28(33)32-30-29(31(34)36-7-3)25(21-38-30)24-15-11-22(6-2)12-16-24/h11-18,20-21H,5-10,19H2,1-4H3,(H,32,33)/b18-14+. The van der Waals surface area contributed by atoms with Crippen LogP contribution in [0.3, 0.4) is 0 Å². The molecule has 1 amide bonds. The molecule has 1 N–H and O–H groups in total. The summed E-state index contributed by atoms with van der Waals surface area (Å²) in [6, 6.07) is 13.6. The number of esters is 1. The van der Waals surface area contributed by atoms with E-state index in [-0.39, 0.29) is 12.5 Å². The molecule has 0 saturated carbocycles. The van der Waals surface area contributed by atoms with Crippen LogP contribution in [-0.4, -0.2) is 32.2 Å². The molecular weight excluding hydrogens is 498 g/mol. The summed E-state index contributed by atoms with van der Waals surface area (Å²) in [6.45, 7) is 6.93. The Kier molecular flexibility index (Phi) is 11.4. The number of hydrogen-bond donors (Lipinski definition) is 1. The lowest BCUT2D eigenvalue weighted by molar-refractivity contribution is -0.111. The number of hydrogen-bond acceptors (Lipinski definition) is 6. The van der Waals surface area contributed by atoms with Crippen LogP contribution in [0.25, 0.3) is 17.2 Å². The van der Waals surface area contributed by atoms with Crippen molar-refractivity contribution in [2.45, 2.75) is 52.9 Å². The van der Waals surface area contributed by atoms with E-state index in [1.54, 1.807) is 20.1 Å². The van der Waals surface area contributed by atoms with Crippen molar-refractivity contribution < 1.29 is 23.8 Å². The second-order valence-corrected chi connectivity index (χ2v) is 9.65. The summed E-state index contributed by atoms with van der Waals surface area (Å²) < 4.78 is 16.7. The molecule has 3 rings (SSSR count). The van der Waals surface area contributed by atoms with Crippen LogP contribution in [0, 0.1) is 0 Å². The number of carbonyl (C=O) groups excluding carboxylic acids is 2. The number of methoxy groups -OCH3 is 1. The molecule has 1 aromatic heterocycles. The SMILES string of the molecule is CCCCCCOc1ccc(/C=C/C(=O)Nc2scc(-c3ccc(CC)cc3)c2C(=O)OCC)cc1OC. The first kappa shape index (κ1) is 29.0. The molecule has 0 fully saturated rings. The maximum atomic E-state index is 12.8. The summed E-state index contributed by atoms with van der Waals surface area (Å²) in [5.74, 6) is 0.491. The lowest BCUT2D eigenvalue weighted by Gasteiger charge is -2.11. The van der Waals surface area contributed by atoms with Crippen LogP contribution in [0.15, 0.2) is 53.9 Å². The lowest BCUT2D eigenvalue weighted by Crippen LogP contribution is -2.12. The molecule has 0 aliphatic heterocycles. The van der Waals surface area contributed by atoms with Gasteiger partial charge in [0.15, 0.2) is 11.5 Å². The van der Waals surface area contributed by atoms with Gasteiger partial charge in [0, 0.05) is 17.0 Å². The Morgan fingerprint density at radius 1 is 0.974 bits per heavy atom. The monoisotopic (exact) mass is 535 g/mol. The highest BCUT2D eigenvalue weighted by Gasteiger charge is 2.22. The molecule has 0 saturated heterocycles. The molecule has 0 aliphatic rings. The van der Waals surface area contributed by atoms with Crippen LogP contribution in [0.5, 0.6) is 11.5 Å². The molecule has 1 heterocycles. The third kappa shape index (κ3) is 7.96. The Balaban J connectivity index is 1.73. The van der Waals surface area contributed by atoms with Crippen LogP contribution < -0.4 is 14.8 Å². The zero-order valence-corrected chi connectivity index (χ0v) is 23.5. The zero-order chi connectivity index (χ0) is 27.3. The van der Waals surface area contributed by atoms with Crippen molar-refractivity contribution in [1.82, 2.24) is 0 Å². The number of benzene rings is 2. The lowest BCUT2D eigenvalue weighted by atomic mass is 10.0. The Labute approximate surface area is 229 Å². The second-order valence-electron chi connectivity index (χ2n) is 8.77. The number of unbranched alkanes of at least 4 members (excludes halogenated alkanes) is 3. The maximum absolute atomic E-state index is 12.8. The first-order valence-electron chi connectivity index (χ1n) is 13.2. The number of nitrogens with one attached hydrogen (secondary N) is 1. The average molecular weight is 536 g/mol. The Bertz CT molecular complexity index is 1230. The smallest absolute Gasteiger partial charge is 0.341 e. The van der Waals surface area contributed by atoms with E-state index in [1.165, 1.54) is 35.8 Å². The van der Waals surface area contributed by atoms with E-state index in [2.05, 4.69) is 19.2 Å². The number of aryl methyl sites for hydroxylation is 1. The van der Waals surface area contributed by atoms with Gasteiger partial charge in [0.1, 0.15) is 10.6 Å². The van der Waals surface area contributed by atoms with E-state index in [0.29, 0.717) is 28.7 Å². The van der Waals surface area contributed by atoms with Crippen LogP contribution >= 0.6 is 11.3 Å². The number of anilines is 1. The van der Waals surface area contributed by atoms with Gasteiger partial charge in [0.2, 0.25) is 5.91 Å². The summed E-state index contributed by atoms with van der Waals surface area (Å²) in [6.07, 6.45) is 8.60. The van der Waals surface area contributed by atoms with Gasteiger partial charge in [-0.3, -0.25) is 4.79 Å². The quantitative estimate of drug-likeness (QED) is 0.130. The van der Waals surface area contributed by atoms with Crippen molar-refractivity contribution in [2.24, 2.45) is 0 Å². The minimum atomic E-state index is -0.461. The van der Waals surface area contributed by atoms with Crippen LogP contribution in [0.4, 0.5) is 5.00 Å². The van der Waals surface area contributed by atoms with E-state index in [4.69, 9.17) is 14.2 Å². The summed E-state index contributed by atoms with van der Waals surface area (Å²) in [5.41, 5.74) is 4.01. The average Bonchev–Trinajstić information content (AvgIpc) is 3.35. The Morgan fingerprint density at radius 3 is 2.45 bits per heavy atom. The van der Waals surface area contributed by atoms with Crippen LogP contribution in [0.1, 0.15) is 67.9 Å². The fraction of sp³-hybridized carbons (Fsp3) is 0.355. The summed E-state index contributed by atoms with van der Waals surface area (Å²) in [5, 5.41) is 5.18. The highest BCUT2D eigenvalue weighted by atomic mass is 32.1. The minimum Gasteiger partial charge on any atom is -0.493 e. The summed E-state index contributed by atoms with van der Waals surface area (Å²) in [7, 11) is 1.60. The van der Waals surface area contributed by atoms with E-state index in [9.17, 15) is 9.59 Å². The molecule has 7 heteroatoms. The molecule has 6 nitrogen and oxygen atoms in total. The number of ether oxygens (including phenoxy) is 3. The van der Waals surface area contributed by atoms with Crippen molar-refractivity contribution in [3.05, 3.63) is 70.6 Å². The van der Waals surface area contributed by atoms with Gasteiger partial charge in [0.05, 0.1) is 20.3 Å². The van der Waals surface area contributed by atoms with Crippen molar-refractivity contribution in [3.63, 3.8) is 0 Å². The van der Waals surface area contributed by atoms with E-state index in [1.807, 2.05) is 47.8 Å². The Morgan fingerprint density at radius 2 is 1.76 bits per heavy atom. The highest BCUT2D eigenvalue weighted by Crippen LogP contribution is 2.36. The maximum Gasteiger partial charge on any atom is 0.341 e. The molecule has 202 valence electrons. The molecule has 0 spiro atoms. The van der Waals surface area contributed by atoms with Crippen molar-refractivity contribution in [1.29, 1.82) is 0 Å². The molecule has 0 aliphatic carbocycles. The fourth-order valence-electron chi connectivity index (χ4n) is 3.93. The van der Waals surface area contributed by atoms with Crippen molar-refractivity contribution >= 4 is 34.3 Å². The van der Waals surface area contributed by atoms with Crippen LogP contribution in [0.2, 0.25) is 0 Å². The van der Waals surface area contributed by atoms with E-state index in [0.717, 1.165) is 36.0 Å². The largest absolute Gasteiger partial charge is 0.493 e. The van der Waals surface area contributed by atoms with E-state index < -0.39 is 5.97 Å². The van der Waals surface area contributed by atoms with E-state index >= 15 is 0 Å². The van der Waals surface area contributed by atoms with Crippen LogP contribution in [-0.2, 0) is 16.0 Å². The predicted molar refractivity (Wildman–Crippen MR) is 155 cm³/mol. The predicted octanol–water partition coefficient (Wildman–Crippen LogP) is 7.77. The van der Waals surface area contributed by atoms with Gasteiger partial charge >= 0.3 is 5.97 Å². The Hall–Kier alpha value is -3.58. The van der Waals surface area contributed by atoms with Gasteiger partial charge in [-0.2, -0.15) is 0 Å². The molecule has 3 aromatic rings. The first-order valence-corrected chi connectivity index (χ1v) is 14.1. The fourth-order valence-corrected chi connectivity index (χ4v) is 4.89. The zero-order valence-electron chi connectivity index (χ0n) is 22.7.